The maximum absolute atomic E-state index is 11.7. The first-order valence-corrected chi connectivity index (χ1v) is 7.01. The van der Waals surface area contributed by atoms with Gasteiger partial charge in [0.15, 0.2) is 0 Å². The number of unbranched alkanes of at least 4 members (excludes halogenated alkanes) is 1. The van der Waals surface area contributed by atoms with Crippen molar-refractivity contribution in [3.8, 4) is 0 Å². The summed E-state index contributed by atoms with van der Waals surface area (Å²) in [5.74, 6) is -0.249. The highest BCUT2D eigenvalue weighted by molar-refractivity contribution is 9.11. The third-order valence-corrected chi connectivity index (χ3v) is 4.24. The molecule has 3 nitrogen and oxygen atoms in total. The molecule has 0 bridgehead atoms. The summed E-state index contributed by atoms with van der Waals surface area (Å²) in [6.45, 7) is 0.524. The van der Waals surface area contributed by atoms with Gasteiger partial charge in [-0.1, -0.05) is 31.9 Å². The van der Waals surface area contributed by atoms with Gasteiger partial charge in [-0.2, -0.15) is 0 Å². The smallest absolute Gasteiger partial charge is 0.339 e. The van der Waals surface area contributed by atoms with Crippen LogP contribution in [0.15, 0.2) is 15.0 Å². The highest BCUT2D eigenvalue weighted by atomic mass is 79.9. The Kier molecular flexibility index (Phi) is 4.22. The Labute approximate surface area is 116 Å². The Hall–Kier alpha value is -0.390. The summed E-state index contributed by atoms with van der Waals surface area (Å²) in [6, 6.07) is 1.95. The first kappa shape index (κ1) is 13.1. The zero-order chi connectivity index (χ0) is 12.4. The largest absolute Gasteiger partial charge is 0.457 e. The van der Waals surface area contributed by atoms with Gasteiger partial charge in [0.25, 0.3) is 0 Å². The van der Waals surface area contributed by atoms with Crippen molar-refractivity contribution in [2.45, 2.75) is 25.9 Å². The van der Waals surface area contributed by atoms with Crippen LogP contribution in [0, 0.1) is 0 Å². The van der Waals surface area contributed by atoms with Gasteiger partial charge in [0.1, 0.15) is 6.61 Å². The maximum atomic E-state index is 11.7. The SMILES string of the molecule is O=C1OCc2c(Br)cc(Br)c(CCCCO)c21. The second-order valence-corrected chi connectivity index (χ2v) is 5.64. The summed E-state index contributed by atoms with van der Waals surface area (Å²) in [5, 5.41) is 8.79. The third kappa shape index (κ3) is 2.56. The molecule has 0 aromatic heterocycles. The molecule has 1 aliphatic rings. The summed E-state index contributed by atoms with van der Waals surface area (Å²) in [7, 11) is 0. The third-order valence-electron chi connectivity index (χ3n) is 2.82. The number of cyclic esters (lactones) is 1. The average Bonchev–Trinajstić information content (AvgIpc) is 2.66. The number of aliphatic hydroxyl groups excluding tert-OH is 1. The summed E-state index contributed by atoms with van der Waals surface area (Å²) < 4.78 is 6.88. The number of rotatable bonds is 4. The maximum Gasteiger partial charge on any atom is 0.339 e. The molecule has 92 valence electrons. The van der Waals surface area contributed by atoms with Gasteiger partial charge in [-0.05, 0) is 30.9 Å². The number of halogens is 2. The molecule has 0 radical (unpaired) electrons. The molecule has 0 unspecified atom stereocenters. The first-order valence-electron chi connectivity index (χ1n) is 5.43. The highest BCUT2D eigenvalue weighted by Gasteiger charge is 2.28. The van der Waals surface area contributed by atoms with Gasteiger partial charge in [0, 0.05) is 21.1 Å². The lowest BCUT2D eigenvalue weighted by molar-refractivity contribution is 0.0534. The van der Waals surface area contributed by atoms with Crippen LogP contribution in [0.2, 0.25) is 0 Å². The topological polar surface area (TPSA) is 46.5 Å². The van der Waals surface area contributed by atoms with Crippen LogP contribution in [0.5, 0.6) is 0 Å². The first-order chi connectivity index (χ1) is 8.15. The fourth-order valence-electron chi connectivity index (χ4n) is 1.96. The lowest BCUT2D eigenvalue weighted by Crippen LogP contribution is -2.03. The van der Waals surface area contributed by atoms with Gasteiger partial charge in [-0.25, -0.2) is 4.79 Å². The lowest BCUT2D eigenvalue weighted by Gasteiger charge is -2.09. The van der Waals surface area contributed by atoms with Gasteiger partial charge < -0.3 is 9.84 Å². The Bertz CT molecular complexity index is 458. The quantitative estimate of drug-likeness (QED) is 0.660. The molecule has 0 amide bonds. The van der Waals surface area contributed by atoms with Crippen LogP contribution in [0.25, 0.3) is 0 Å². The van der Waals surface area contributed by atoms with E-state index < -0.39 is 0 Å². The normalized spacial score (nSPS) is 13.7. The van der Waals surface area contributed by atoms with E-state index >= 15 is 0 Å². The number of benzene rings is 1. The van der Waals surface area contributed by atoms with Crippen molar-refractivity contribution in [3.63, 3.8) is 0 Å². The Morgan fingerprint density at radius 1 is 1.29 bits per heavy atom. The van der Waals surface area contributed by atoms with E-state index in [-0.39, 0.29) is 12.6 Å². The molecule has 1 aromatic rings. The number of carbonyl (C=O) groups excluding carboxylic acids is 1. The minimum Gasteiger partial charge on any atom is -0.457 e. The zero-order valence-electron chi connectivity index (χ0n) is 9.13. The summed E-state index contributed by atoms with van der Waals surface area (Å²) in [6.07, 6.45) is 2.37. The van der Waals surface area contributed by atoms with Crippen LogP contribution in [0.3, 0.4) is 0 Å². The Morgan fingerprint density at radius 2 is 2.06 bits per heavy atom. The molecule has 17 heavy (non-hydrogen) atoms. The Balaban J connectivity index is 2.37. The van der Waals surface area contributed by atoms with Crippen molar-refractivity contribution in [3.05, 3.63) is 31.7 Å². The minimum absolute atomic E-state index is 0.181. The van der Waals surface area contributed by atoms with E-state index in [0.29, 0.717) is 12.2 Å². The molecule has 1 heterocycles. The molecule has 0 aliphatic carbocycles. The van der Waals surface area contributed by atoms with E-state index in [0.717, 1.165) is 39.3 Å². The number of carbonyl (C=O) groups is 1. The predicted molar refractivity (Wildman–Crippen MR) is 71.0 cm³/mol. The zero-order valence-corrected chi connectivity index (χ0v) is 12.3. The number of ether oxygens (including phenoxy) is 1. The van der Waals surface area contributed by atoms with Crippen LogP contribution in [-0.2, 0) is 17.8 Å². The van der Waals surface area contributed by atoms with Gasteiger partial charge in [-0.15, -0.1) is 0 Å². The van der Waals surface area contributed by atoms with Crippen LogP contribution >= 0.6 is 31.9 Å². The van der Waals surface area contributed by atoms with E-state index in [1.807, 2.05) is 6.07 Å². The van der Waals surface area contributed by atoms with E-state index in [1.54, 1.807) is 0 Å². The molecule has 1 aliphatic heterocycles. The molecule has 0 atom stereocenters. The summed E-state index contributed by atoms with van der Waals surface area (Å²) in [4.78, 5) is 11.7. The number of hydrogen-bond acceptors (Lipinski definition) is 3. The van der Waals surface area contributed by atoms with Crippen LogP contribution < -0.4 is 0 Å². The number of aliphatic hydroxyl groups is 1. The van der Waals surface area contributed by atoms with Crippen molar-refractivity contribution in [2.75, 3.05) is 6.61 Å². The molecule has 5 heteroatoms. The standard InChI is InChI=1S/C12H12Br2O3/c13-9-5-10(14)8-6-17-12(16)11(8)7(9)3-1-2-4-15/h5,15H,1-4,6H2. The minimum atomic E-state index is -0.249. The Morgan fingerprint density at radius 3 is 2.76 bits per heavy atom. The molecule has 1 N–H and O–H groups in total. The van der Waals surface area contributed by atoms with E-state index in [1.165, 1.54) is 0 Å². The molecule has 0 saturated carbocycles. The summed E-state index contributed by atoms with van der Waals surface area (Å²) >= 11 is 6.92. The fraction of sp³-hybridized carbons (Fsp3) is 0.417. The second-order valence-electron chi connectivity index (χ2n) is 3.93. The van der Waals surface area contributed by atoms with Crippen molar-refractivity contribution < 1.29 is 14.6 Å². The molecular formula is C12H12Br2O3. The van der Waals surface area contributed by atoms with E-state index in [2.05, 4.69) is 31.9 Å². The number of esters is 1. The van der Waals surface area contributed by atoms with Gasteiger partial charge in [0.05, 0.1) is 5.56 Å². The van der Waals surface area contributed by atoms with Crippen LogP contribution in [0.4, 0.5) is 0 Å². The van der Waals surface area contributed by atoms with E-state index in [4.69, 9.17) is 9.84 Å². The predicted octanol–water partition coefficient (Wildman–Crippen LogP) is 3.20. The van der Waals surface area contributed by atoms with Crippen molar-refractivity contribution in [2.24, 2.45) is 0 Å². The van der Waals surface area contributed by atoms with Gasteiger partial charge in [0.2, 0.25) is 0 Å². The molecule has 0 spiro atoms. The number of fused-ring (bicyclic) bond motifs is 1. The van der Waals surface area contributed by atoms with E-state index in [9.17, 15) is 4.79 Å². The van der Waals surface area contributed by atoms with Crippen LogP contribution in [-0.4, -0.2) is 17.7 Å². The highest BCUT2D eigenvalue weighted by Crippen LogP contribution is 2.36. The lowest BCUT2D eigenvalue weighted by atomic mass is 9.98. The monoisotopic (exact) mass is 362 g/mol. The second kappa shape index (κ2) is 5.50. The fourth-order valence-corrected chi connectivity index (χ4v) is 3.44. The molecule has 0 fully saturated rings. The van der Waals surface area contributed by atoms with Gasteiger partial charge >= 0.3 is 5.97 Å². The number of hydrogen-bond donors (Lipinski definition) is 1. The molecule has 0 saturated heterocycles. The van der Waals surface area contributed by atoms with Crippen LogP contribution in [0.1, 0.15) is 34.3 Å². The van der Waals surface area contributed by atoms with Crippen molar-refractivity contribution >= 4 is 37.8 Å². The molecule has 1 aromatic carbocycles. The van der Waals surface area contributed by atoms with Gasteiger partial charge in [-0.3, -0.25) is 0 Å². The molecular weight excluding hydrogens is 352 g/mol. The van der Waals surface area contributed by atoms with Crippen molar-refractivity contribution in [1.29, 1.82) is 0 Å². The summed E-state index contributed by atoms with van der Waals surface area (Å²) in [5.41, 5.74) is 2.60. The molecule has 2 rings (SSSR count). The van der Waals surface area contributed by atoms with Crippen molar-refractivity contribution in [1.82, 2.24) is 0 Å². The average molecular weight is 364 g/mol.